The lowest BCUT2D eigenvalue weighted by Gasteiger charge is -2.20. The highest BCUT2D eigenvalue weighted by atomic mass is 32.2. The van der Waals surface area contributed by atoms with E-state index >= 15 is 0 Å². The molecule has 1 N–H and O–H groups in total. The molecule has 0 bridgehead atoms. The maximum Gasteiger partial charge on any atom is 0.239 e. The molecule has 0 amide bonds. The van der Waals surface area contributed by atoms with E-state index in [9.17, 15) is 13.5 Å². The summed E-state index contributed by atoms with van der Waals surface area (Å²) < 4.78 is 24.7. The molecule has 0 saturated carbocycles. The first-order valence-corrected chi connectivity index (χ1v) is 9.11. The van der Waals surface area contributed by atoms with Gasteiger partial charge in [-0.3, -0.25) is 0 Å². The summed E-state index contributed by atoms with van der Waals surface area (Å²) in [5.74, 6) is 0.126. The van der Waals surface area contributed by atoms with Gasteiger partial charge in [-0.15, -0.1) is 0 Å². The average molecular weight is 335 g/mol. The molecule has 0 aliphatic carbocycles. The molecule has 0 aliphatic heterocycles. The Balaban J connectivity index is 2.76. The maximum atomic E-state index is 11.8. The number of benzene rings is 1. The first-order chi connectivity index (χ1) is 10.8. The average Bonchev–Trinajstić information content (AvgIpc) is 2.52. The maximum absolute atomic E-state index is 11.8. The smallest absolute Gasteiger partial charge is 0.239 e. The lowest BCUT2D eigenvalue weighted by molar-refractivity contribution is 0.279. The van der Waals surface area contributed by atoms with Gasteiger partial charge in [-0.25, -0.2) is 22.7 Å². The quantitative estimate of drug-likeness (QED) is 0.905. The molecule has 23 heavy (non-hydrogen) atoms. The van der Waals surface area contributed by atoms with Gasteiger partial charge in [0.05, 0.1) is 24.3 Å². The fourth-order valence-electron chi connectivity index (χ4n) is 2.25. The summed E-state index contributed by atoms with van der Waals surface area (Å²) in [6.07, 6.45) is 1.10. The zero-order valence-corrected chi connectivity index (χ0v) is 14.5. The molecule has 0 aliphatic rings. The number of hydrogen-bond donors (Lipinski definition) is 1. The van der Waals surface area contributed by atoms with E-state index in [-0.39, 0.29) is 18.5 Å². The first-order valence-electron chi connectivity index (χ1n) is 7.26. The van der Waals surface area contributed by atoms with Crippen molar-refractivity contribution in [3.8, 4) is 11.3 Å². The number of aliphatic hydroxyl groups is 1. The summed E-state index contributed by atoms with van der Waals surface area (Å²) >= 11 is 0. The molecule has 2 aromatic rings. The van der Waals surface area contributed by atoms with Gasteiger partial charge in [-0.2, -0.15) is 0 Å². The Hall–Kier alpha value is -1.99. The molecule has 1 heterocycles. The van der Waals surface area contributed by atoms with Crippen molar-refractivity contribution in [3.05, 3.63) is 41.6 Å². The number of aliphatic hydroxyl groups excluding tert-OH is 1. The summed E-state index contributed by atoms with van der Waals surface area (Å²) in [6.45, 7) is 3.68. The van der Waals surface area contributed by atoms with Gasteiger partial charge in [0.2, 0.25) is 16.0 Å². The highest BCUT2D eigenvalue weighted by Gasteiger charge is 2.22. The second-order valence-electron chi connectivity index (χ2n) is 5.65. The minimum absolute atomic E-state index is 0.0225. The van der Waals surface area contributed by atoms with Crippen molar-refractivity contribution >= 4 is 16.0 Å². The molecule has 0 saturated heterocycles. The predicted octanol–water partition coefficient (Wildman–Crippen LogP) is 2.16. The fourth-order valence-corrected chi connectivity index (χ4v) is 2.62. The summed E-state index contributed by atoms with van der Waals surface area (Å²) in [7, 11) is -2.05. The van der Waals surface area contributed by atoms with Gasteiger partial charge in [-0.1, -0.05) is 44.2 Å². The van der Waals surface area contributed by atoms with E-state index in [0.29, 0.717) is 17.0 Å². The lowest BCUT2D eigenvalue weighted by atomic mass is 9.99. The van der Waals surface area contributed by atoms with Gasteiger partial charge in [-0.05, 0) is 5.92 Å². The van der Waals surface area contributed by atoms with E-state index in [1.54, 1.807) is 0 Å². The second kappa shape index (κ2) is 6.64. The van der Waals surface area contributed by atoms with Crippen LogP contribution in [0.2, 0.25) is 0 Å². The molecule has 0 radical (unpaired) electrons. The van der Waals surface area contributed by atoms with Crippen molar-refractivity contribution in [3.63, 3.8) is 0 Å². The van der Waals surface area contributed by atoms with Crippen LogP contribution in [0, 0.1) is 0 Å². The number of hydrogen-bond acceptors (Lipinski definition) is 5. The SMILES string of the molecule is CC(C)c1nc(N(C)S(C)(=O)=O)nc(-c2ccccc2)c1CO. The molecule has 2 rings (SSSR count). The Morgan fingerprint density at radius 1 is 1.17 bits per heavy atom. The number of nitrogens with zero attached hydrogens (tertiary/aromatic N) is 3. The Morgan fingerprint density at radius 2 is 1.78 bits per heavy atom. The molecule has 1 aromatic heterocycles. The van der Waals surface area contributed by atoms with Crippen LogP contribution in [0.4, 0.5) is 5.95 Å². The van der Waals surface area contributed by atoms with E-state index in [1.165, 1.54) is 7.05 Å². The van der Waals surface area contributed by atoms with Crippen molar-refractivity contribution in [2.24, 2.45) is 0 Å². The fraction of sp³-hybridized carbons (Fsp3) is 0.375. The van der Waals surface area contributed by atoms with Gasteiger partial charge in [0.15, 0.2) is 0 Å². The van der Waals surface area contributed by atoms with Crippen LogP contribution in [0.3, 0.4) is 0 Å². The van der Waals surface area contributed by atoms with E-state index in [0.717, 1.165) is 16.1 Å². The van der Waals surface area contributed by atoms with Crippen molar-refractivity contribution in [2.45, 2.75) is 26.4 Å². The Kier molecular flexibility index (Phi) is 5.01. The molecule has 1 aromatic carbocycles. The molecule has 0 fully saturated rings. The minimum atomic E-state index is -3.47. The van der Waals surface area contributed by atoms with Crippen LogP contribution in [0.1, 0.15) is 31.0 Å². The monoisotopic (exact) mass is 335 g/mol. The first kappa shape index (κ1) is 17.4. The normalized spacial score (nSPS) is 11.7. The van der Waals surface area contributed by atoms with Crippen LogP contribution >= 0.6 is 0 Å². The minimum Gasteiger partial charge on any atom is -0.392 e. The zero-order valence-electron chi connectivity index (χ0n) is 13.7. The van der Waals surface area contributed by atoms with Crippen LogP contribution < -0.4 is 4.31 Å². The number of anilines is 1. The van der Waals surface area contributed by atoms with Crippen molar-refractivity contribution < 1.29 is 13.5 Å². The van der Waals surface area contributed by atoms with Gasteiger partial charge < -0.3 is 5.11 Å². The van der Waals surface area contributed by atoms with Crippen LogP contribution in [0.25, 0.3) is 11.3 Å². The highest BCUT2D eigenvalue weighted by Crippen LogP contribution is 2.30. The number of sulfonamides is 1. The molecular weight excluding hydrogens is 314 g/mol. The Labute approximate surface area is 136 Å². The van der Waals surface area contributed by atoms with Gasteiger partial charge in [0.25, 0.3) is 0 Å². The third kappa shape index (κ3) is 3.68. The van der Waals surface area contributed by atoms with Crippen LogP contribution in [0.15, 0.2) is 30.3 Å². The molecule has 0 atom stereocenters. The molecule has 124 valence electrons. The number of rotatable bonds is 5. The van der Waals surface area contributed by atoms with Crippen LogP contribution in [0.5, 0.6) is 0 Å². The topological polar surface area (TPSA) is 83.4 Å². The summed E-state index contributed by atoms with van der Waals surface area (Å²) in [5.41, 5.74) is 2.63. The summed E-state index contributed by atoms with van der Waals surface area (Å²) in [5, 5.41) is 9.79. The third-order valence-electron chi connectivity index (χ3n) is 3.56. The lowest BCUT2D eigenvalue weighted by Crippen LogP contribution is -2.27. The van der Waals surface area contributed by atoms with Crippen LogP contribution in [-0.2, 0) is 16.6 Å². The van der Waals surface area contributed by atoms with Gasteiger partial charge in [0.1, 0.15) is 0 Å². The van der Waals surface area contributed by atoms with Crippen molar-refractivity contribution in [1.29, 1.82) is 0 Å². The van der Waals surface area contributed by atoms with Gasteiger partial charge >= 0.3 is 0 Å². The van der Waals surface area contributed by atoms with Crippen molar-refractivity contribution in [2.75, 3.05) is 17.6 Å². The van der Waals surface area contributed by atoms with Crippen molar-refractivity contribution in [1.82, 2.24) is 9.97 Å². The molecular formula is C16H21N3O3S. The zero-order chi connectivity index (χ0) is 17.2. The summed E-state index contributed by atoms with van der Waals surface area (Å²) in [4.78, 5) is 8.77. The van der Waals surface area contributed by atoms with Crippen LogP contribution in [-0.4, -0.2) is 36.8 Å². The Bertz CT molecular complexity index is 790. The number of aromatic nitrogens is 2. The summed E-state index contributed by atoms with van der Waals surface area (Å²) in [6, 6.07) is 9.36. The van der Waals surface area contributed by atoms with E-state index in [1.807, 2.05) is 44.2 Å². The standard InChI is InChI=1S/C16H21N3O3S/c1-11(2)14-13(10-20)15(12-8-6-5-7-9-12)18-16(17-14)19(3)23(4,21)22/h5-9,11,20H,10H2,1-4H3. The largest absolute Gasteiger partial charge is 0.392 e. The van der Waals surface area contributed by atoms with E-state index in [2.05, 4.69) is 9.97 Å². The molecule has 6 nitrogen and oxygen atoms in total. The van der Waals surface area contributed by atoms with E-state index < -0.39 is 10.0 Å². The second-order valence-corrected chi connectivity index (χ2v) is 7.66. The molecule has 0 spiro atoms. The Morgan fingerprint density at radius 3 is 2.26 bits per heavy atom. The highest BCUT2D eigenvalue weighted by molar-refractivity contribution is 7.92. The molecule has 7 heteroatoms. The third-order valence-corrected chi connectivity index (χ3v) is 4.72. The van der Waals surface area contributed by atoms with E-state index in [4.69, 9.17) is 0 Å². The molecule has 0 unspecified atom stereocenters. The predicted molar refractivity (Wildman–Crippen MR) is 90.7 cm³/mol. The van der Waals surface area contributed by atoms with Gasteiger partial charge in [0, 0.05) is 18.2 Å².